The number of halogens is 3. The second-order valence-electron chi connectivity index (χ2n) is 2.55. The van der Waals surface area contributed by atoms with Crippen molar-refractivity contribution in [1.29, 1.82) is 0 Å². The Morgan fingerprint density at radius 3 is 2.57 bits per heavy atom. The predicted molar refractivity (Wildman–Crippen MR) is 46.9 cm³/mol. The lowest BCUT2D eigenvalue weighted by Gasteiger charge is -2.09. The number of nitrogens with zero attached hydrogens (tertiary/aromatic N) is 1. The Hall–Kier alpha value is -0.750. The number of thioether (sulfide) groups is 1. The molecular weight excluding hydrogens is 215 g/mol. The molecule has 0 saturated carbocycles. The molecule has 0 bridgehead atoms. The Kier molecular flexibility index (Phi) is 3.38. The largest absolute Gasteiger partial charge is 0.417 e. The van der Waals surface area contributed by atoms with Gasteiger partial charge in [-0.1, -0.05) is 0 Å². The SMILES string of the molecule is CSc1ncc(C(F)(F)F)cc1CO. The van der Waals surface area contributed by atoms with Crippen molar-refractivity contribution in [3.8, 4) is 0 Å². The maximum atomic E-state index is 12.2. The van der Waals surface area contributed by atoms with Crippen LogP contribution >= 0.6 is 11.8 Å². The van der Waals surface area contributed by atoms with Gasteiger partial charge in [-0.15, -0.1) is 11.8 Å². The molecule has 14 heavy (non-hydrogen) atoms. The average Bonchev–Trinajstić information content (AvgIpc) is 2.15. The van der Waals surface area contributed by atoms with Gasteiger partial charge < -0.3 is 5.11 Å². The highest BCUT2D eigenvalue weighted by Crippen LogP contribution is 2.31. The van der Waals surface area contributed by atoms with Crippen LogP contribution in [0.25, 0.3) is 0 Å². The maximum absolute atomic E-state index is 12.2. The molecule has 1 N–H and O–H groups in total. The molecule has 6 heteroatoms. The number of pyridine rings is 1. The molecule has 0 fully saturated rings. The number of aromatic nitrogens is 1. The van der Waals surface area contributed by atoms with Crippen molar-refractivity contribution in [3.63, 3.8) is 0 Å². The zero-order valence-electron chi connectivity index (χ0n) is 7.30. The van der Waals surface area contributed by atoms with Gasteiger partial charge in [-0.05, 0) is 12.3 Å². The van der Waals surface area contributed by atoms with Crippen LogP contribution in [0.3, 0.4) is 0 Å². The summed E-state index contributed by atoms with van der Waals surface area (Å²) >= 11 is 1.20. The fourth-order valence-electron chi connectivity index (χ4n) is 0.950. The van der Waals surface area contributed by atoms with Crippen LogP contribution in [0.5, 0.6) is 0 Å². The zero-order valence-corrected chi connectivity index (χ0v) is 8.11. The molecule has 0 aliphatic carbocycles. The van der Waals surface area contributed by atoms with Gasteiger partial charge in [-0.25, -0.2) is 4.98 Å². The van der Waals surface area contributed by atoms with Gasteiger partial charge in [0.15, 0.2) is 0 Å². The van der Waals surface area contributed by atoms with Crippen molar-refractivity contribution in [2.24, 2.45) is 0 Å². The maximum Gasteiger partial charge on any atom is 0.417 e. The number of rotatable bonds is 2. The number of hydrogen-bond donors (Lipinski definition) is 1. The van der Waals surface area contributed by atoms with Crippen molar-refractivity contribution in [2.75, 3.05) is 6.26 Å². The summed E-state index contributed by atoms with van der Waals surface area (Å²) in [5.74, 6) is 0. The fourth-order valence-corrected chi connectivity index (χ4v) is 1.49. The molecule has 0 atom stereocenters. The summed E-state index contributed by atoms with van der Waals surface area (Å²) in [6, 6.07) is 0.916. The molecule has 78 valence electrons. The van der Waals surface area contributed by atoms with E-state index in [1.807, 2.05) is 0 Å². The third kappa shape index (κ3) is 2.39. The Morgan fingerprint density at radius 1 is 1.50 bits per heavy atom. The molecule has 2 nitrogen and oxygen atoms in total. The van der Waals surface area contributed by atoms with Gasteiger partial charge in [-0.2, -0.15) is 13.2 Å². The topological polar surface area (TPSA) is 33.1 Å². The van der Waals surface area contributed by atoms with Gasteiger partial charge >= 0.3 is 6.18 Å². The smallest absolute Gasteiger partial charge is 0.392 e. The number of aliphatic hydroxyl groups excluding tert-OH is 1. The highest BCUT2D eigenvalue weighted by molar-refractivity contribution is 7.98. The van der Waals surface area contributed by atoms with E-state index in [0.717, 1.165) is 12.3 Å². The van der Waals surface area contributed by atoms with E-state index < -0.39 is 18.3 Å². The van der Waals surface area contributed by atoms with E-state index >= 15 is 0 Å². The van der Waals surface area contributed by atoms with Crippen molar-refractivity contribution in [3.05, 3.63) is 23.4 Å². The number of hydrogen-bond acceptors (Lipinski definition) is 3. The molecule has 0 amide bonds. The van der Waals surface area contributed by atoms with Crippen LogP contribution in [0, 0.1) is 0 Å². The van der Waals surface area contributed by atoms with Gasteiger partial charge in [0.1, 0.15) is 5.03 Å². The lowest BCUT2D eigenvalue weighted by Crippen LogP contribution is -2.07. The molecule has 0 radical (unpaired) electrons. The highest BCUT2D eigenvalue weighted by atomic mass is 32.2. The van der Waals surface area contributed by atoms with E-state index in [4.69, 9.17) is 5.11 Å². The molecule has 0 saturated heterocycles. The molecule has 1 rings (SSSR count). The quantitative estimate of drug-likeness (QED) is 0.781. The van der Waals surface area contributed by atoms with Crippen LogP contribution in [0.2, 0.25) is 0 Å². The monoisotopic (exact) mass is 223 g/mol. The van der Waals surface area contributed by atoms with Crippen LogP contribution in [-0.4, -0.2) is 16.3 Å². The third-order valence-corrected chi connectivity index (χ3v) is 2.37. The van der Waals surface area contributed by atoms with Crippen molar-refractivity contribution < 1.29 is 18.3 Å². The van der Waals surface area contributed by atoms with Crippen LogP contribution in [-0.2, 0) is 12.8 Å². The summed E-state index contributed by atoms with van der Waals surface area (Å²) in [5, 5.41) is 9.24. The summed E-state index contributed by atoms with van der Waals surface area (Å²) in [6.07, 6.45) is -1.95. The number of aliphatic hydroxyl groups is 1. The van der Waals surface area contributed by atoms with Crippen molar-refractivity contribution >= 4 is 11.8 Å². The first kappa shape index (κ1) is 11.3. The first-order valence-corrected chi connectivity index (χ1v) is 4.92. The van der Waals surface area contributed by atoms with Gasteiger partial charge in [0.05, 0.1) is 12.2 Å². The van der Waals surface area contributed by atoms with E-state index in [1.165, 1.54) is 11.8 Å². The fraction of sp³-hybridized carbons (Fsp3) is 0.375. The van der Waals surface area contributed by atoms with Crippen LogP contribution < -0.4 is 0 Å². The summed E-state index contributed by atoms with van der Waals surface area (Å²) in [6.45, 7) is -0.437. The Labute approximate surface area is 83.2 Å². The lowest BCUT2D eigenvalue weighted by molar-refractivity contribution is -0.138. The van der Waals surface area contributed by atoms with E-state index in [-0.39, 0.29) is 5.56 Å². The van der Waals surface area contributed by atoms with Gasteiger partial charge in [0, 0.05) is 11.8 Å². The first-order valence-electron chi connectivity index (χ1n) is 3.70. The van der Waals surface area contributed by atoms with Gasteiger partial charge in [-0.3, -0.25) is 0 Å². The minimum Gasteiger partial charge on any atom is -0.392 e. The molecule has 0 aliphatic rings. The predicted octanol–water partition coefficient (Wildman–Crippen LogP) is 2.31. The molecule has 1 heterocycles. The molecule has 0 aliphatic heterocycles. The summed E-state index contributed by atoms with van der Waals surface area (Å²) in [7, 11) is 0. The Morgan fingerprint density at radius 2 is 2.14 bits per heavy atom. The minimum absolute atomic E-state index is 0.201. The van der Waals surface area contributed by atoms with E-state index in [1.54, 1.807) is 6.26 Å². The lowest BCUT2D eigenvalue weighted by atomic mass is 10.2. The molecule has 1 aromatic heterocycles. The Bertz CT molecular complexity index is 327. The van der Waals surface area contributed by atoms with Gasteiger partial charge in [0.25, 0.3) is 0 Å². The van der Waals surface area contributed by atoms with Crippen molar-refractivity contribution in [1.82, 2.24) is 4.98 Å². The van der Waals surface area contributed by atoms with E-state index in [0.29, 0.717) is 5.03 Å². The third-order valence-electron chi connectivity index (χ3n) is 1.62. The summed E-state index contributed by atoms with van der Waals surface area (Å²) < 4.78 is 36.6. The summed E-state index contributed by atoms with van der Waals surface area (Å²) in [4.78, 5) is 3.62. The van der Waals surface area contributed by atoms with Crippen LogP contribution in [0.15, 0.2) is 17.3 Å². The zero-order chi connectivity index (χ0) is 10.8. The molecule has 0 aromatic carbocycles. The van der Waals surface area contributed by atoms with Crippen LogP contribution in [0.4, 0.5) is 13.2 Å². The van der Waals surface area contributed by atoms with Crippen molar-refractivity contribution in [2.45, 2.75) is 17.8 Å². The summed E-state index contributed by atoms with van der Waals surface area (Å²) in [5.41, 5.74) is -0.633. The van der Waals surface area contributed by atoms with E-state index in [2.05, 4.69) is 4.98 Å². The van der Waals surface area contributed by atoms with Gasteiger partial charge in [0.2, 0.25) is 0 Å². The average molecular weight is 223 g/mol. The highest BCUT2D eigenvalue weighted by Gasteiger charge is 2.31. The molecular formula is C8H8F3NOS. The first-order chi connectivity index (χ1) is 6.49. The molecule has 1 aromatic rings. The van der Waals surface area contributed by atoms with Crippen LogP contribution in [0.1, 0.15) is 11.1 Å². The standard InChI is InChI=1S/C8H8F3NOS/c1-14-7-5(4-13)2-6(3-12-7)8(9,10)11/h2-3,13H,4H2,1H3. The normalized spacial score (nSPS) is 11.8. The molecule has 0 spiro atoms. The second-order valence-corrected chi connectivity index (χ2v) is 3.34. The minimum atomic E-state index is -4.41. The van der Waals surface area contributed by atoms with E-state index in [9.17, 15) is 13.2 Å². The Balaban J connectivity index is 3.14. The number of alkyl halides is 3. The molecule has 0 unspecified atom stereocenters. The second kappa shape index (κ2) is 4.18.